The van der Waals surface area contributed by atoms with Gasteiger partial charge in [-0.1, -0.05) is 23.7 Å². The maximum Gasteiger partial charge on any atom is 0.150 e. The van der Waals surface area contributed by atoms with Gasteiger partial charge in [0, 0.05) is 30.4 Å². The third-order valence-electron chi connectivity index (χ3n) is 4.16. The Morgan fingerprint density at radius 2 is 2.00 bits per heavy atom. The van der Waals surface area contributed by atoms with Crippen molar-refractivity contribution in [3.63, 3.8) is 0 Å². The molecule has 134 valence electrons. The second-order valence-corrected chi connectivity index (χ2v) is 6.51. The van der Waals surface area contributed by atoms with Gasteiger partial charge in [0.15, 0.2) is 0 Å². The number of nitrogens with zero attached hydrogens (tertiary/aromatic N) is 5. The number of rotatable bonds is 3. The Morgan fingerprint density at radius 3 is 2.74 bits per heavy atom. The fraction of sp³-hybridized carbons (Fsp3) is 0.100. The fourth-order valence-electron chi connectivity index (χ4n) is 2.95. The topological polar surface area (TPSA) is 82.5 Å². The molecule has 6 nitrogen and oxygen atoms in total. The van der Waals surface area contributed by atoms with Gasteiger partial charge in [-0.2, -0.15) is 5.10 Å². The average molecular weight is 377 g/mol. The summed E-state index contributed by atoms with van der Waals surface area (Å²) in [5.41, 5.74) is 10.3. The van der Waals surface area contributed by atoms with Gasteiger partial charge < -0.3 is 5.73 Å². The van der Waals surface area contributed by atoms with Crippen LogP contribution in [-0.2, 0) is 7.05 Å². The molecule has 0 amide bonds. The van der Waals surface area contributed by atoms with Gasteiger partial charge in [0.05, 0.1) is 16.2 Å². The number of benzene rings is 1. The molecule has 0 aliphatic rings. The minimum absolute atomic E-state index is 0.353. The highest BCUT2D eigenvalue weighted by Crippen LogP contribution is 2.34. The number of pyridine rings is 1. The van der Waals surface area contributed by atoms with Crippen molar-refractivity contribution in [1.82, 2.24) is 24.7 Å². The van der Waals surface area contributed by atoms with Crippen molar-refractivity contribution < 1.29 is 0 Å². The van der Waals surface area contributed by atoms with Crippen molar-refractivity contribution in [2.75, 3.05) is 5.73 Å². The molecule has 27 heavy (non-hydrogen) atoms. The molecule has 0 spiro atoms. The van der Waals surface area contributed by atoms with E-state index >= 15 is 0 Å². The van der Waals surface area contributed by atoms with Crippen molar-refractivity contribution >= 4 is 34.4 Å². The highest BCUT2D eigenvalue weighted by Gasteiger charge is 2.18. The molecule has 4 aromatic rings. The molecule has 0 saturated carbocycles. The number of nitrogens with two attached hydrogens (primary N) is 1. The molecule has 1 aromatic carbocycles. The highest BCUT2D eigenvalue weighted by atomic mass is 35.5. The summed E-state index contributed by atoms with van der Waals surface area (Å²) in [4.78, 5) is 13.7. The van der Waals surface area contributed by atoms with Gasteiger partial charge in [-0.25, -0.2) is 9.97 Å². The fourth-order valence-corrected chi connectivity index (χ4v) is 3.22. The molecule has 4 rings (SSSR count). The van der Waals surface area contributed by atoms with Crippen LogP contribution in [0.2, 0.25) is 5.02 Å². The first-order valence-electron chi connectivity index (χ1n) is 8.41. The van der Waals surface area contributed by atoms with Gasteiger partial charge in [-0.05, 0) is 37.3 Å². The van der Waals surface area contributed by atoms with E-state index in [1.54, 1.807) is 10.9 Å². The lowest BCUT2D eigenvalue weighted by Crippen LogP contribution is -2.03. The maximum atomic E-state index is 6.48. The monoisotopic (exact) mass is 376 g/mol. The molecule has 0 bridgehead atoms. The lowest BCUT2D eigenvalue weighted by molar-refractivity contribution is 0.770. The standard InChI is InChI=1S/C20H17ClN6/c1-3-5-16-20(22)25-19(15-7-9-27(2)26-15)18(24-16)13-10-12-6-4-8-23-17(12)14(21)11-13/h3-11H,1-2H3,(H2,22,25)/b5-3+. The van der Waals surface area contributed by atoms with Crippen LogP contribution in [0.4, 0.5) is 5.82 Å². The number of fused-ring (bicyclic) bond motifs is 1. The molecule has 0 fully saturated rings. The van der Waals surface area contributed by atoms with Gasteiger partial charge in [-0.15, -0.1) is 0 Å². The van der Waals surface area contributed by atoms with Crippen molar-refractivity contribution in [1.29, 1.82) is 0 Å². The molecule has 7 heteroatoms. The smallest absolute Gasteiger partial charge is 0.150 e. The second kappa shape index (κ2) is 6.81. The normalized spacial score (nSPS) is 11.5. The number of nitrogen functional groups attached to an aromatic ring is 1. The van der Waals surface area contributed by atoms with E-state index in [4.69, 9.17) is 22.3 Å². The summed E-state index contributed by atoms with van der Waals surface area (Å²) in [6, 6.07) is 9.58. The van der Waals surface area contributed by atoms with E-state index in [2.05, 4.69) is 15.1 Å². The lowest BCUT2D eigenvalue weighted by Gasteiger charge is -2.11. The molecule has 2 N–H and O–H groups in total. The third-order valence-corrected chi connectivity index (χ3v) is 4.45. The molecule has 0 unspecified atom stereocenters. The Morgan fingerprint density at radius 1 is 1.15 bits per heavy atom. The van der Waals surface area contributed by atoms with Crippen LogP contribution in [0.3, 0.4) is 0 Å². The molecule has 0 aliphatic carbocycles. The number of hydrogen-bond donors (Lipinski definition) is 1. The van der Waals surface area contributed by atoms with E-state index < -0.39 is 0 Å². The quantitative estimate of drug-likeness (QED) is 0.574. The Balaban J connectivity index is 2.02. The van der Waals surface area contributed by atoms with Crippen molar-refractivity contribution in [3.05, 3.63) is 59.5 Å². The zero-order valence-corrected chi connectivity index (χ0v) is 15.6. The molecule has 3 heterocycles. The van der Waals surface area contributed by atoms with Gasteiger partial charge in [0.25, 0.3) is 0 Å². The molecule has 0 radical (unpaired) electrons. The number of aromatic nitrogens is 5. The van der Waals surface area contributed by atoms with Crippen molar-refractivity contribution in [2.24, 2.45) is 7.05 Å². The summed E-state index contributed by atoms with van der Waals surface area (Å²) in [6.07, 6.45) is 7.29. The van der Waals surface area contributed by atoms with Crippen LogP contribution < -0.4 is 5.73 Å². The summed E-state index contributed by atoms with van der Waals surface area (Å²) in [5, 5.41) is 5.95. The maximum absolute atomic E-state index is 6.48. The molecule has 3 aromatic heterocycles. The SMILES string of the molecule is C/C=C/c1nc(-c2cc(Cl)c3ncccc3c2)c(-c2ccn(C)n2)nc1N. The van der Waals surface area contributed by atoms with E-state index in [0.29, 0.717) is 33.6 Å². The zero-order chi connectivity index (χ0) is 19.0. The summed E-state index contributed by atoms with van der Waals surface area (Å²) in [5.74, 6) is 0.353. The van der Waals surface area contributed by atoms with E-state index in [0.717, 1.165) is 16.5 Å². The molecule has 0 aliphatic heterocycles. The molecule has 0 atom stereocenters. The minimum Gasteiger partial charge on any atom is -0.382 e. The van der Waals surface area contributed by atoms with Crippen LogP contribution in [0.5, 0.6) is 0 Å². The second-order valence-electron chi connectivity index (χ2n) is 6.10. The summed E-state index contributed by atoms with van der Waals surface area (Å²) in [7, 11) is 1.85. The Bertz CT molecular complexity index is 1180. The zero-order valence-electron chi connectivity index (χ0n) is 14.9. The number of aryl methyl sites for hydroxylation is 1. The van der Waals surface area contributed by atoms with Gasteiger partial charge in [0.2, 0.25) is 0 Å². The third kappa shape index (κ3) is 3.15. The Hall–Kier alpha value is -3.25. The number of hydrogen-bond acceptors (Lipinski definition) is 5. The van der Waals surface area contributed by atoms with Crippen molar-refractivity contribution in [3.8, 4) is 22.6 Å². The van der Waals surface area contributed by atoms with E-state index in [1.165, 1.54) is 0 Å². The van der Waals surface area contributed by atoms with E-state index in [9.17, 15) is 0 Å². The lowest BCUT2D eigenvalue weighted by atomic mass is 10.0. The first kappa shape index (κ1) is 17.2. The van der Waals surface area contributed by atoms with Gasteiger partial charge in [-0.3, -0.25) is 9.67 Å². The van der Waals surface area contributed by atoms with Gasteiger partial charge in [0.1, 0.15) is 22.9 Å². The minimum atomic E-state index is 0.353. The Labute approximate surface area is 161 Å². The first-order valence-corrected chi connectivity index (χ1v) is 8.79. The van der Waals surface area contributed by atoms with Crippen LogP contribution in [0.15, 0.2) is 48.8 Å². The first-order chi connectivity index (χ1) is 13.1. The number of allylic oxidation sites excluding steroid dienone is 1. The average Bonchev–Trinajstić information content (AvgIpc) is 3.09. The molecular weight excluding hydrogens is 360 g/mol. The largest absolute Gasteiger partial charge is 0.382 e. The van der Waals surface area contributed by atoms with Gasteiger partial charge >= 0.3 is 0 Å². The summed E-state index contributed by atoms with van der Waals surface area (Å²) < 4.78 is 1.72. The Kier molecular flexibility index (Phi) is 4.33. The predicted molar refractivity (Wildman–Crippen MR) is 109 cm³/mol. The summed E-state index contributed by atoms with van der Waals surface area (Å²) >= 11 is 6.48. The molecule has 0 saturated heterocycles. The van der Waals surface area contributed by atoms with Crippen LogP contribution in [0.1, 0.15) is 12.6 Å². The van der Waals surface area contributed by atoms with Crippen LogP contribution >= 0.6 is 11.6 Å². The van der Waals surface area contributed by atoms with E-state index in [-0.39, 0.29) is 0 Å². The number of anilines is 1. The summed E-state index contributed by atoms with van der Waals surface area (Å²) in [6.45, 7) is 1.91. The van der Waals surface area contributed by atoms with Crippen LogP contribution in [0, 0.1) is 0 Å². The van der Waals surface area contributed by atoms with Crippen LogP contribution in [0.25, 0.3) is 39.6 Å². The van der Waals surface area contributed by atoms with Crippen molar-refractivity contribution in [2.45, 2.75) is 6.92 Å². The highest BCUT2D eigenvalue weighted by molar-refractivity contribution is 6.35. The van der Waals surface area contributed by atoms with E-state index in [1.807, 2.05) is 62.7 Å². The van der Waals surface area contributed by atoms with Crippen LogP contribution in [-0.4, -0.2) is 24.7 Å². The number of halogens is 1. The molecular formula is C20H17ClN6. The predicted octanol–water partition coefficient (Wildman–Crippen LogP) is 4.36.